The molecule has 1 aliphatic heterocycles. The quantitative estimate of drug-likeness (QED) is 0.854. The summed E-state index contributed by atoms with van der Waals surface area (Å²) in [5.41, 5.74) is 1.94. The Morgan fingerprint density at radius 2 is 1.89 bits per heavy atom. The van der Waals surface area contributed by atoms with Crippen molar-refractivity contribution in [2.45, 2.75) is 25.8 Å². The average molecular weight is 388 g/mol. The summed E-state index contributed by atoms with van der Waals surface area (Å²) < 4.78 is 31.1. The molecule has 0 saturated carbocycles. The van der Waals surface area contributed by atoms with Crippen molar-refractivity contribution in [3.05, 3.63) is 59.7 Å². The third-order valence-electron chi connectivity index (χ3n) is 4.71. The van der Waals surface area contributed by atoms with Crippen LogP contribution in [0.3, 0.4) is 0 Å². The second-order valence-electron chi connectivity index (χ2n) is 6.61. The van der Waals surface area contributed by atoms with Crippen molar-refractivity contribution in [1.82, 2.24) is 5.32 Å². The van der Waals surface area contributed by atoms with E-state index in [2.05, 4.69) is 5.32 Å². The van der Waals surface area contributed by atoms with Crippen LogP contribution >= 0.6 is 0 Å². The summed E-state index contributed by atoms with van der Waals surface area (Å²) in [5, 5.41) is 2.95. The molecule has 1 saturated heterocycles. The summed E-state index contributed by atoms with van der Waals surface area (Å²) in [6.45, 7) is 2.36. The molecular formula is C20H24N2O4S. The number of hydrogen-bond acceptors (Lipinski definition) is 4. The molecule has 1 atom stereocenters. The van der Waals surface area contributed by atoms with E-state index in [4.69, 9.17) is 4.74 Å². The second-order valence-corrected chi connectivity index (χ2v) is 8.63. The van der Waals surface area contributed by atoms with Crippen LogP contribution in [0.4, 0.5) is 5.69 Å². The molecule has 7 heteroatoms. The number of benzene rings is 2. The van der Waals surface area contributed by atoms with E-state index in [1.54, 1.807) is 31.4 Å². The highest BCUT2D eigenvalue weighted by Crippen LogP contribution is 2.25. The van der Waals surface area contributed by atoms with Gasteiger partial charge >= 0.3 is 0 Å². The van der Waals surface area contributed by atoms with Crippen LogP contribution in [0.1, 0.15) is 41.7 Å². The van der Waals surface area contributed by atoms with Crippen molar-refractivity contribution in [1.29, 1.82) is 0 Å². The molecular weight excluding hydrogens is 364 g/mol. The zero-order chi connectivity index (χ0) is 19.4. The van der Waals surface area contributed by atoms with E-state index in [1.807, 2.05) is 31.2 Å². The third-order valence-corrected chi connectivity index (χ3v) is 6.58. The van der Waals surface area contributed by atoms with Gasteiger partial charge in [-0.3, -0.25) is 9.10 Å². The first-order valence-corrected chi connectivity index (χ1v) is 10.6. The van der Waals surface area contributed by atoms with Crippen LogP contribution in [0, 0.1) is 0 Å². The van der Waals surface area contributed by atoms with Crippen LogP contribution in [-0.2, 0) is 10.0 Å². The molecule has 0 aliphatic carbocycles. The van der Waals surface area contributed by atoms with E-state index in [1.165, 1.54) is 4.31 Å². The maximum absolute atomic E-state index is 12.6. The number of sulfonamides is 1. The van der Waals surface area contributed by atoms with Crippen LogP contribution < -0.4 is 14.4 Å². The number of methoxy groups -OCH3 is 1. The van der Waals surface area contributed by atoms with Gasteiger partial charge in [0.2, 0.25) is 10.0 Å². The number of hydrogen-bond donors (Lipinski definition) is 1. The van der Waals surface area contributed by atoms with Crippen molar-refractivity contribution in [3.8, 4) is 5.75 Å². The maximum atomic E-state index is 12.6. The van der Waals surface area contributed by atoms with Crippen LogP contribution in [-0.4, -0.2) is 33.7 Å². The van der Waals surface area contributed by atoms with Crippen LogP contribution in [0.25, 0.3) is 0 Å². The van der Waals surface area contributed by atoms with Crippen molar-refractivity contribution >= 4 is 21.6 Å². The zero-order valence-corrected chi connectivity index (χ0v) is 16.3. The molecule has 144 valence electrons. The molecule has 0 spiro atoms. The summed E-state index contributed by atoms with van der Waals surface area (Å²) in [5.74, 6) is 0.667. The molecule has 3 rings (SSSR count). The fourth-order valence-corrected chi connectivity index (χ4v) is 4.77. The first-order chi connectivity index (χ1) is 12.9. The number of carbonyl (C=O) groups excluding carboxylic acids is 1. The Kier molecular flexibility index (Phi) is 5.70. The lowest BCUT2D eigenvalue weighted by atomic mass is 10.1. The minimum Gasteiger partial charge on any atom is -0.497 e. The van der Waals surface area contributed by atoms with Crippen molar-refractivity contribution < 1.29 is 17.9 Å². The highest BCUT2D eigenvalue weighted by molar-refractivity contribution is 7.92. The first kappa shape index (κ1) is 19.2. The molecule has 27 heavy (non-hydrogen) atoms. The monoisotopic (exact) mass is 388 g/mol. The molecule has 1 heterocycles. The summed E-state index contributed by atoms with van der Waals surface area (Å²) in [4.78, 5) is 12.6. The number of anilines is 1. The summed E-state index contributed by atoms with van der Waals surface area (Å²) >= 11 is 0. The number of carbonyl (C=O) groups is 1. The van der Waals surface area contributed by atoms with E-state index in [-0.39, 0.29) is 17.7 Å². The molecule has 1 N–H and O–H groups in total. The van der Waals surface area contributed by atoms with Crippen molar-refractivity contribution in [2.24, 2.45) is 0 Å². The van der Waals surface area contributed by atoms with Gasteiger partial charge in [0.15, 0.2) is 0 Å². The number of rotatable bonds is 5. The third kappa shape index (κ3) is 4.42. The van der Waals surface area contributed by atoms with Crippen molar-refractivity contribution in [3.63, 3.8) is 0 Å². The molecule has 1 aliphatic rings. The van der Waals surface area contributed by atoms with E-state index in [0.29, 0.717) is 24.2 Å². The predicted molar refractivity (Wildman–Crippen MR) is 106 cm³/mol. The van der Waals surface area contributed by atoms with Crippen LogP contribution in [0.2, 0.25) is 0 Å². The van der Waals surface area contributed by atoms with Gasteiger partial charge in [0, 0.05) is 12.1 Å². The van der Waals surface area contributed by atoms with E-state index in [0.717, 1.165) is 17.7 Å². The Balaban J connectivity index is 1.75. The molecule has 0 radical (unpaired) electrons. The number of ether oxygens (including phenoxy) is 1. The minimum atomic E-state index is -3.30. The van der Waals surface area contributed by atoms with Gasteiger partial charge in [-0.15, -0.1) is 0 Å². The van der Waals surface area contributed by atoms with Gasteiger partial charge in [-0.25, -0.2) is 8.42 Å². The molecule has 2 aromatic carbocycles. The molecule has 2 aromatic rings. The Bertz CT molecular complexity index is 910. The lowest BCUT2D eigenvalue weighted by molar-refractivity contribution is 0.0940. The van der Waals surface area contributed by atoms with Gasteiger partial charge in [-0.1, -0.05) is 18.2 Å². The minimum absolute atomic E-state index is 0.151. The second kappa shape index (κ2) is 8.00. The number of nitrogens with one attached hydrogen (secondary N) is 1. The first-order valence-electron chi connectivity index (χ1n) is 8.96. The van der Waals surface area contributed by atoms with Crippen LogP contribution in [0.15, 0.2) is 48.5 Å². The molecule has 0 unspecified atom stereocenters. The van der Waals surface area contributed by atoms with Crippen molar-refractivity contribution in [2.75, 3.05) is 23.7 Å². The van der Waals surface area contributed by atoms with Gasteiger partial charge in [-0.05, 0) is 55.7 Å². The molecule has 1 fully saturated rings. The van der Waals surface area contributed by atoms with Gasteiger partial charge in [-0.2, -0.15) is 0 Å². The Hall–Kier alpha value is -2.54. The van der Waals surface area contributed by atoms with E-state index >= 15 is 0 Å². The van der Waals surface area contributed by atoms with E-state index < -0.39 is 10.0 Å². The molecule has 0 bridgehead atoms. The summed E-state index contributed by atoms with van der Waals surface area (Å²) in [6.07, 6.45) is 1.50. The largest absolute Gasteiger partial charge is 0.497 e. The lowest BCUT2D eigenvalue weighted by Gasteiger charge is -2.28. The SMILES string of the molecule is COc1ccc([C@H](C)NC(=O)c2cccc(N3CCCCS3(=O)=O)c2)cc1. The summed E-state index contributed by atoms with van der Waals surface area (Å²) in [6, 6.07) is 14.1. The molecule has 0 aromatic heterocycles. The van der Waals surface area contributed by atoms with Gasteiger partial charge in [0.1, 0.15) is 5.75 Å². The van der Waals surface area contributed by atoms with E-state index in [9.17, 15) is 13.2 Å². The fourth-order valence-electron chi connectivity index (χ4n) is 3.14. The fraction of sp³-hybridized carbons (Fsp3) is 0.350. The van der Waals surface area contributed by atoms with Gasteiger partial charge < -0.3 is 10.1 Å². The summed E-state index contributed by atoms with van der Waals surface area (Å²) in [7, 11) is -1.70. The van der Waals surface area contributed by atoms with Gasteiger partial charge in [0.25, 0.3) is 5.91 Å². The highest BCUT2D eigenvalue weighted by atomic mass is 32.2. The smallest absolute Gasteiger partial charge is 0.251 e. The standard InChI is InChI=1S/C20H24N2O4S/c1-15(16-8-10-19(26-2)11-9-16)21-20(23)17-6-5-7-18(14-17)22-12-3-4-13-27(22,24)25/h5-11,14-15H,3-4,12-13H2,1-2H3,(H,21,23)/t15-/m0/s1. The predicted octanol–water partition coefficient (Wildman–Crippen LogP) is 3.12. The molecule has 1 amide bonds. The average Bonchev–Trinajstić information content (AvgIpc) is 2.67. The highest BCUT2D eigenvalue weighted by Gasteiger charge is 2.26. The maximum Gasteiger partial charge on any atom is 0.251 e. The Morgan fingerprint density at radius 3 is 2.56 bits per heavy atom. The van der Waals surface area contributed by atoms with Crippen LogP contribution in [0.5, 0.6) is 5.75 Å². The Labute approximate surface area is 160 Å². The number of amides is 1. The zero-order valence-electron chi connectivity index (χ0n) is 15.5. The number of nitrogens with zero attached hydrogens (tertiary/aromatic N) is 1. The topological polar surface area (TPSA) is 75.7 Å². The van der Waals surface area contributed by atoms with Gasteiger partial charge in [0.05, 0.1) is 24.6 Å². The molecule has 6 nitrogen and oxygen atoms in total. The lowest BCUT2D eigenvalue weighted by Crippen LogP contribution is -2.38. The normalized spacial score (nSPS) is 17.2. The Morgan fingerprint density at radius 1 is 1.15 bits per heavy atom.